The molecule has 5 rings (SSSR count). The van der Waals surface area contributed by atoms with Crippen molar-refractivity contribution in [1.29, 1.82) is 0 Å². The Kier molecular flexibility index (Phi) is 5.68. The third-order valence-corrected chi connectivity index (χ3v) is 7.34. The summed E-state index contributed by atoms with van der Waals surface area (Å²) in [6.07, 6.45) is 1.68. The van der Waals surface area contributed by atoms with E-state index in [9.17, 15) is 13.2 Å². The Bertz CT molecular complexity index is 1590. The molecular formula is C25H26N6O4S. The Balaban J connectivity index is 1.46. The lowest BCUT2D eigenvalue weighted by Gasteiger charge is -2.26. The van der Waals surface area contributed by atoms with Gasteiger partial charge in [0.15, 0.2) is 6.61 Å². The highest BCUT2D eigenvalue weighted by molar-refractivity contribution is 7.89. The van der Waals surface area contributed by atoms with Gasteiger partial charge in [0, 0.05) is 29.9 Å². The van der Waals surface area contributed by atoms with E-state index in [0.29, 0.717) is 28.6 Å². The van der Waals surface area contributed by atoms with Gasteiger partial charge < -0.3 is 15.0 Å². The minimum Gasteiger partial charge on any atom is -0.481 e. The van der Waals surface area contributed by atoms with E-state index in [0.717, 1.165) is 11.2 Å². The molecule has 3 heterocycles. The predicted octanol–water partition coefficient (Wildman–Crippen LogP) is 3.57. The van der Waals surface area contributed by atoms with Crippen LogP contribution in [0.25, 0.3) is 16.8 Å². The Hall–Kier alpha value is -3.96. The van der Waals surface area contributed by atoms with Crippen molar-refractivity contribution < 1.29 is 17.9 Å². The molecule has 0 radical (unpaired) electrons. The predicted molar refractivity (Wildman–Crippen MR) is 137 cm³/mol. The zero-order valence-corrected chi connectivity index (χ0v) is 21.1. The molecule has 1 aliphatic heterocycles. The second kappa shape index (κ2) is 8.61. The Labute approximate surface area is 209 Å². The van der Waals surface area contributed by atoms with Crippen LogP contribution in [-0.2, 0) is 14.8 Å². The van der Waals surface area contributed by atoms with Gasteiger partial charge in [-0.2, -0.15) is 0 Å². The molecular weight excluding hydrogens is 480 g/mol. The maximum Gasteiger partial charge on any atom is 0.264 e. The van der Waals surface area contributed by atoms with E-state index in [2.05, 4.69) is 20.1 Å². The fraction of sp³-hybridized carbons (Fsp3) is 0.240. The van der Waals surface area contributed by atoms with E-state index in [1.165, 1.54) is 0 Å². The molecule has 1 amide bonds. The van der Waals surface area contributed by atoms with E-state index in [1.807, 2.05) is 24.3 Å². The van der Waals surface area contributed by atoms with Crippen LogP contribution in [0.4, 0.5) is 17.3 Å². The average Bonchev–Trinajstić information content (AvgIpc) is 3.23. The van der Waals surface area contributed by atoms with Crippen LogP contribution in [-0.4, -0.2) is 48.1 Å². The summed E-state index contributed by atoms with van der Waals surface area (Å²) < 4.78 is 35.6. The number of aromatic nitrogens is 3. The van der Waals surface area contributed by atoms with Crippen molar-refractivity contribution >= 4 is 38.8 Å². The standard InChI is InChI=1S/C25H26N6O4S/c1-25(2,3)29-36(33,34)19-7-5-6-16(12-19)20-11-9-18-14-26-24(28-31(18)20)27-17-8-10-21-22(13-17)35-15-23(32)30(21)4/h5-14,29H,15H2,1-4H3,(H,27,28). The summed E-state index contributed by atoms with van der Waals surface area (Å²) in [5.74, 6) is 0.827. The highest BCUT2D eigenvalue weighted by atomic mass is 32.2. The molecule has 0 saturated carbocycles. The summed E-state index contributed by atoms with van der Waals surface area (Å²) >= 11 is 0. The SMILES string of the molecule is CN1C(=O)COc2cc(Nc3ncc4ccc(-c5cccc(S(=O)(=O)NC(C)(C)C)c5)n4n3)ccc21. The minimum absolute atomic E-state index is 0.0117. The second-order valence-corrected chi connectivity index (χ2v) is 11.3. The number of amides is 1. The normalized spacial score (nSPS) is 14.0. The first-order valence-electron chi connectivity index (χ1n) is 11.3. The fourth-order valence-corrected chi connectivity index (χ4v) is 5.41. The molecule has 36 heavy (non-hydrogen) atoms. The number of fused-ring (bicyclic) bond motifs is 2. The average molecular weight is 507 g/mol. The number of nitrogens with zero attached hydrogens (tertiary/aromatic N) is 4. The minimum atomic E-state index is -3.69. The van der Waals surface area contributed by atoms with Crippen molar-refractivity contribution in [2.45, 2.75) is 31.2 Å². The molecule has 2 N–H and O–H groups in total. The Morgan fingerprint density at radius 3 is 2.64 bits per heavy atom. The molecule has 0 atom stereocenters. The van der Waals surface area contributed by atoms with Gasteiger partial charge in [-0.1, -0.05) is 12.1 Å². The zero-order valence-electron chi connectivity index (χ0n) is 20.3. The molecule has 10 nitrogen and oxygen atoms in total. The van der Waals surface area contributed by atoms with E-state index in [4.69, 9.17) is 4.74 Å². The van der Waals surface area contributed by atoms with Gasteiger partial charge in [-0.25, -0.2) is 22.6 Å². The third-order valence-electron chi connectivity index (χ3n) is 5.58. The van der Waals surface area contributed by atoms with E-state index in [1.54, 1.807) is 73.8 Å². The molecule has 1 aliphatic rings. The molecule has 2 aromatic carbocycles. The molecule has 2 aromatic heterocycles. The molecule has 4 aromatic rings. The van der Waals surface area contributed by atoms with Crippen molar-refractivity contribution in [1.82, 2.24) is 19.3 Å². The molecule has 0 bridgehead atoms. The first-order valence-corrected chi connectivity index (χ1v) is 12.8. The number of carbonyl (C=O) groups is 1. The summed E-state index contributed by atoms with van der Waals surface area (Å²) in [7, 11) is -1.98. The number of rotatable bonds is 5. The number of ether oxygens (including phenoxy) is 1. The van der Waals surface area contributed by atoms with E-state index in [-0.39, 0.29) is 17.4 Å². The van der Waals surface area contributed by atoms with Gasteiger partial charge in [-0.3, -0.25) is 4.79 Å². The molecule has 0 aliphatic carbocycles. The van der Waals surface area contributed by atoms with Crippen LogP contribution >= 0.6 is 0 Å². The van der Waals surface area contributed by atoms with Crippen LogP contribution in [0.2, 0.25) is 0 Å². The van der Waals surface area contributed by atoms with Gasteiger partial charge in [-0.05, 0) is 57.2 Å². The molecule has 0 spiro atoms. The highest BCUT2D eigenvalue weighted by Crippen LogP contribution is 2.34. The monoisotopic (exact) mass is 506 g/mol. The lowest BCUT2D eigenvalue weighted by molar-refractivity contribution is -0.120. The van der Waals surface area contributed by atoms with Crippen LogP contribution in [0, 0.1) is 0 Å². The summed E-state index contributed by atoms with van der Waals surface area (Å²) in [6.45, 7) is 5.38. The van der Waals surface area contributed by atoms with Crippen molar-refractivity contribution in [2.24, 2.45) is 0 Å². The maximum absolute atomic E-state index is 12.8. The van der Waals surface area contributed by atoms with Gasteiger partial charge in [0.05, 0.1) is 28.0 Å². The van der Waals surface area contributed by atoms with Gasteiger partial charge in [-0.15, -0.1) is 5.10 Å². The number of hydrogen-bond donors (Lipinski definition) is 2. The smallest absolute Gasteiger partial charge is 0.264 e. The number of likely N-dealkylation sites (N-methyl/N-ethyl adjacent to an activating group) is 1. The number of benzene rings is 2. The van der Waals surface area contributed by atoms with Crippen LogP contribution in [0.5, 0.6) is 5.75 Å². The first-order chi connectivity index (χ1) is 17.0. The number of anilines is 3. The van der Waals surface area contributed by atoms with Gasteiger partial charge in [0.2, 0.25) is 16.0 Å². The highest BCUT2D eigenvalue weighted by Gasteiger charge is 2.24. The van der Waals surface area contributed by atoms with Gasteiger partial charge in [0.25, 0.3) is 5.91 Å². The quantitative estimate of drug-likeness (QED) is 0.425. The Morgan fingerprint density at radius 2 is 1.86 bits per heavy atom. The molecule has 0 saturated heterocycles. The van der Waals surface area contributed by atoms with Crippen LogP contribution in [0.1, 0.15) is 20.8 Å². The maximum atomic E-state index is 12.8. The molecule has 11 heteroatoms. The van der Waals surface area contributed by atoms with Crippen LogP contribution in [0.3, 0.4) is 0 Å². The molecule has 186 valence electrons. The van der Waals surface area contributed by atoms with Gasteiger partial charge >= 0.3 is 0 Å². The second-order valence-electron chi connectivity index (χ2n) is 9.57. The largest absolute Gasteiger partial charge is 0.481 e. The summed E-state index contributed by atoms with van der Waals surface area (Å²) in [4.78, 5) is 18.0. The number of hydrogen-bond acceptors (Lipinski definition) is 7. The third kappa shape index (κ3) is 4.62. The fourth-order valence-electron chi connectivity index (χ4n) is 3.95. The van der Waals surface area contributed by atoms with E-state index < -0.39 is 15.6 Å². The van der Waals surface area contributed by atoms with Crippen molar-refractivity contribution in [2.75, 3.05) is 23.9 Å². The van der Waals surface area contributed by atoms with Crippen LogP contribution < -0.4 is 19.7 Å². The molecule has 0 fully saturated rings. The zero-order chi connectivity index (χ0) is 25.7. The van der Waals surface area contributed by atoms with Crippen molar-refractivity contribution in [3.63, 3.8) is 0 Å². The first kappa shape index (κ1) is 23.8. The van der Waals surface area contributed by atoms with E-state index >= 15 is 0 Å². The van der Waals surface area contributed by atoms with Gasteiger partial charge in [0.1, 0.15) is 5.75 Å². The lowest BCUT2D eigenvalue weighted by atomic mass is 10.1. The summed E-state index contributed by atoms with van der Waals surface area (Å²) in [5.41, 5.74) is 2.97. The van der Waals surface area contributed by atoms with Crippen molar-refractivity contribution in [3.05, 3.63) is 60.8 Å². The lowest BCUT2D eigenvalue weighted by Crippen LogP contribution is -2.40. The number of carbonyl (C=O) groups excluding carboxylic acids is 1. The van der Waals surface area contributed by atoms with Crippen LogP contribution in [0.15, 0.2) is 65.7 Å². The number of nitrogens with one attached hydrogen (secondary N) is 2. The summed E-state index contributed by atoms with van der Waals surface area (Å²) in [6, 6.07) is 15.9. The Morgan fingerprint density at radius 1 is 1.06 bits per heavy atom. The van der Waals surface area contributed by atoms with Crippen molar-refractivity contribution in [3.8, 4) is 17.0 Å². The molecule has 0 unspecified atom stereocenters. The summed E-state index contributed by atoms with van der Waals surface area (Å²) in [5, 5.41) is 7.79. The topological polar surface area (TPSA) is 118 Å². The number of sulfonamides is 1.